The Balaban J connectivity index is 3.00. The molecule has 3 nitrogen and oxygen atoms in total. The van der Waals surface area contributed by atoms with Gasteiger partial charge in [0.25, 0.3) is 8.32 Å². The second-order valence-electron chi connectivity index (χ2n) is 9.42. The van der Waals surface area contributed by atoms with Gasteiger partial charge in [-0.05, 0) is 48.4 Å². The summed E-state index contributed by atoms with van der Waals surface area (Å²) in [4.78, 5) is 0. The zero-order valence-corrected chi connectivity index (χ0v) is 18.6. The fraction of sp³-hybridized carbons (Fsp3) is 0.667. The molecule has 0 aliphatic carbocycles. The third-order valence-electron chi connectivity index (χ3n) is 5.33. The van der Waals surface area contributed by atoms with Gasteiger partial charge in [-0.3, -0.25) is 0 Å². The lowest BCUT2D eigenvalue weighted by molar-refractivity contribution is 0.483. The second kappa shape index (κ2) is 6.17. The van der Waals surface area contributed by atoms with E-state index in [2.05, 4.69) is 67.7 Å². The fourth-order valence-electron chi connectivity index (χ4n) is 1.56. The van der Waals surface area contributed by atoms with E-state index in [0.717, 1.165) is 11.5 Å². The molecule has 0 aliphatic rings. The van der Waals surface area contributed by atoms with E-state index >= 15 is 0 Å². The SMILES string of the molecule is CC(C)(C)[Si](C)(C)Oc1ccc(O[Si](C)(C)C(C)(C)C)c(N)c1. The van der Waals surface area contributed by atoms with Gasteiger partial charge in [-0.2, -0.15) is 0 Å². The zero-order valence-electron chi connectivity index (χ0n) is 16.6. The number of hydrogen-bond donors (Lipinski definition) is 1. The van der Waals surface area contributed by atoms with E-state index in [-0.39, 0.29) is 10.1 Å². The zero-order chi connectivity index (χ0) is 18.3. The largest absolute Gasteiger partial charge is 0.543 e. The highest BCUT2D eigenvalue weighted by molar-refractivity contribution is 6.75. The molecule has 0 heterocycles. The van der Waals surface area contributed by atoms with E-state index in [1.54, 1.807) is 0 Å². The van der Waals surface area contributed by atoms with E-state index in [4.69, 9.17) is 14.6 Å². The second-order valence-corrected chi connectivity index (χ2v) is 18.9. The van der Waals surface area contributed by atoms with Gasteiger partial charge in [-0.15, -0.1) is 0 Å². The maximum atomic E-state index is 6.32. The van der Waals surface area contributed by atoms with E-state index in [0.29, 0.717) is 5.69 Å². The van der Waals surface area contributed by atoms with Crippen molar-refractivity contribution in [2.24, 2.45) is 0 Å². The minimum atomic E-state index is -1.88. The summed E-state index contributed by atoms with van der Waals surface area (Å²) in [7, 11) is -3.73. The van der Waals surface area contributed by atoms with Gasteiger partial charge in [0.1, 0.15) is 11.5 Å². The standard InChI is InChI=1S/C18H35NO2Si2/c1-17(2,3)22(7,8)20-14-11-12-16(15(19)13-14)21-23(9,10)18(4,5)6/h11-13H,19H2,1-10H3. The summed E-state index contributed by atoms with van der Waals surface area (Å²) in [6, 6.07) is 5.85. The lowest BCUT2D eigenvalue weighted by atomic mass is 10.2. The van der Waals surface area contributed by atoms with Gasteiger partial charge in [-0.25, -0.2) is 0 Å². The summed E-state index contributed by atoms with van der Waals surface area (Å²) >= 11 is 0. The molecule has 2 N–H and O–H groups in total. The van der Waals surface area contributed by atoms with Gasteiger partial charge in [0, 0.05) is 6.07 Å². The van der Waals surface area contributed by atoms with Crippen molar-refractivity contribution < 1.29 is 8.85 Å². The quantitative estimate of drug-likeness (QED) is 0.530. The molecule has 0 atom stereocenters. The molecule has 0 spiro atoms. The lowest BCUT2D eigenvalue weighted by Gasteiger charge is -2.37. The average molecular weight is 354 g/mol. The fourth-order valence-corrected chi connectivity index (χ4v) is 3.62. The highest BCUT2D eigenvalue weighted by Gasteiger charge is 2.40. The van der Waals surface area contributed by atoms with Crippen LogP contribution in [0.5, 0.6) is 11.5 Å². The van der Waals surface area contributed by atoms with Crippen LogP contribution in [-0.4, -0.2) is 16.6 Å². The predicted octanol–water partition coefficient (Wildman–Crippen LogP) is 6.04. The van der Waals surface area contributed by atoms with Crippen LogP contribution >= 0.6 is 0 Å². The molecule has 0 unspecified atom stereocenters. The summed E-state index contributed by atoms with van der Waals surface area (Å²) in [6.45, 7) is 22.3. The summed E-state index contributed by atoms with van der Waals surface area (Å²) in [5.41, 5.74) is 6.89. The Bertz CT molecular complexity index is 555. The van der Waals surface area contributed by atoms with Crippen molar-refractivity contribution in [3.05, 3.63) is 18.2 Å². The number of nitrogen functional groups attached to an aromatic ring is 1. The van der Waals surface area contributed by atoms with Crippen LogP contribution in [0.2, 0.25) is 36.3 Å². The van der Waals surface area contributed by atoms with E-state index in [9.17, 15) is 0 Å². The van der Waals surface area contributed by atoms with Gasteiger partial charge >= 0.3 is 0 Å². The Morgan fingerprint density at radius 3 is 1.61 bits per heavy atom. The predicted molar refractivity (Wildman–Crippen MR) is 107 cm³/mol. The molecule has 0 aliphatic heterocycles. The number of anilines is 1. The third kappa shape index (κ3) is 4.76. The summed E-state index contributed by atoms with van der Waals surface area (Å²) in [5.74, 6) is 1.62. The van der Waals surface area contributed by atoms with Crippen LogP contribution in [-0.2, 0) is 0 Å². The maximum Gasteiger partial charge on any atom is 0.250 e. The molecule has 0 saturated carbocycles. The Morgan fingerprint density at radius 1 is 0.783 bits per heavy atom. The topological polar surface area (TPSA) is 44.5 Å². The number of rotatable bonds is 4. The Kier molecular flexibility index (Phi) is 5.39. The Hall–Kier alpha value is -0.946. The van der Waals surface area contributed by atoms with Crippen LogP contribution in [0.3, 0.4) is 0 Å². The van der Waals surface area contributed by atoms with E-state index < -0.39 is 16.6 Å². The number of hydrogen-bond acceptors (Lipinski definition) is 3. The van der Waals surface area contributed by atoms with Crippen molar-refractivity contribution in [1.82, 2.24) is 0 Å². The molecule has 132 valence electrons. The molecule has 1 aromatic rings. The van der Waals surface area contributed by atoms with Crippen LogP contribution in [0, 0.1) is 0 Å². The first-order chi connectivity index (χ1) is 10.1. The first-order valence-electron chi connectivity index (χ1n) is 8.34. The van der Waals surface area contributed by atoms with Crippen molar-refractivity contribution in [3.8, 4) is 11.5 Å². The molecule has 0 fully saturated rings. The van der Waals surface area contributed by atoms with Gasteiger partial charge < -0.3 is 14.6 Å². The van der Waals surface area contributed by atoms with E-state index in [1.165, 1.54) is 0 Å². The van der Waals surface area contributed by atoms with E-state index in [1.807, 2.05) is 18.2 Å². The molecule has 0 radical (unpaired) electrons. The minimum Gasteiger partial charge on any atom is -0.543 e. The average Bonchev–Trinajstić information content (AvgIpc) is 2.29. The van der Waals surface area contributed by atoms with Crippen molar-refractivity contribution in [2.45, 2.75) is 77.8 Å². The molecule has 5 heteroatoms. The Labute approximate surface area is 144 Å². The molecule has 0 aromatic heterocycles. The van der Waals surface area contributed by atoms with Crippen LogP contribution in [0.15, 0.2) is 18.2 Å². The van der Waals surface area contributed by atoms with Gasteiger partial charge in [0.15, 0.2) is 0 Å². The Morgan fingerprint density at radius 2 is 1.22 bits per heavy atom. The molecular formula is C18H35NO2Si2. The van der Waals surface area contributed by atoms with Crippen LogP contribution in [0.1, 0.15) is 41.5 Å². The van der Waals surface area contributed by atoms with Crippen molar-refractivity contribution in [3.63, 3.8) is 0 Å². The van der Waals surface area contributed by atoms with Gasteiger partial charge in [0.2, 0.25) is 8.32 Å². The molecule has 1 aromatic carbocycles. The molecule has 0 amide bonds. The maximum absolute atomic E-state index is 6.32. The first-order valence-corrected chi connectivity index (χ1v) is 14.2. The van der Waals surface area contributed by atoms with Crippen LogP contribution in [0.25, 0.3) is 0 Å². The molecule has 1 rings (SSSR count). The summed E-state index contributed by atoms with van der Waals surface area (Å²) in [5, 5.41) is 0.313. The molecule has 0 bridgehead atoms. The molecular weight excluding hydrogens is 318 g/mol. The summed E-state index contributed by atoms with van der Waals surface area (Å²) in [6.07, 6.45) is 0. The minimum absolute atomic E-state index is 0.149. The molecule has 23 heavy (non-hydrogen) atoms. The van der Waals surface area contributed by atoms with Crippen LogP contribution in [0.4, 0.5) is 5.69 Å². The third-order valence-corrected chi connectivity index (χ3v) is 14.0. The first kappa shape index (κ1) is 20.1. The lowest BCUT2D eigenvalue weighted by Crippen LogP contribution is -2.44. The molecule has 0 saturated heterocycles. The summed E-state index contributed by atoms with van der Waals surface area (Å²) < 4.78 is 12.6. The number of benzene rings is 1. The van der Waals surface area contributed by atoms with Crippen LogP contribution < -0.4 is 14.6 Å². The smallest absolute Gasteiger partial charge is 0.250 e. The normalized spacial score (nSPS) is 13.8. The highest BCUT2D eigenvalue weighted by Crippen LogP contribution is 2.41. The highest BCUT2D eigenvalue weighted by atomic mass is 28.4. The van der Waals surface area contributed by atoms with Crippen molar-refractivity contribution in [1.29, 1.82) is 0 Å². The number of nitrogens with two attached hydrogens (primary N) is 1. The van der Waals surface area contributed by atoms with Gasteiger partial charge in [0.05, 0.1) is 5.69 Å². The van der Waals surface area contributed by atoms with Crippen molar-refractivity contribution in [2.75, 3.05) is 5.73 Å². The van der Waals surface area contributed by atoms with Crippen molar-refractivity contribution >= 4 is 22.3 Å². The van der Waals surface area contributed by atoms with Gasteiger partial charge in [-0.1, -0.05) is 41.5 Å². The monoisotopic (exact) mass is 353 g/mol.